The van der Waals surface area contributed by atoms with Gasteiger partial charge in [0.15, 0.2) is 0 Å². The van der Waals surface area contributed by atoms with Crippen LogP contribution in [0.15, 0.2) is 0 Å². The molecule has 1 aliphatic carbocycles. The molecule has 2 aliphatic rings. The van der Waals surface area contributed by atoms with Gasteiger partial charge in [-0.05, 0) is 38.5 Å². The summed E-state index contributed by atoms with van der Waals surface area (Å²) >= 11 is 0. The smallest absolute Gasteiger partial charge is 0.324 e. The first-order valence-corrected chi connectivity index (χ1v) is 6.69. The number of carboxylic acids is 1. The lowest BCUT2D eigenvalue weighted by Gasteiger charge is -2.37. The van der Waals surface area contributed by atoms with Crippen LogP contribution in [0.4, 0.5) is 0 Å². The van der Waals surface area contributed by atoms with Crippen molar-refractivity contribution in [2.75, 3.05) is 6.54 Å². The normalized spacial score (nSPS) is 35.9. The number of carboxylic acid groups (broad SMARTS) is 1. The molecule has 3 N–H and O–H groups in total. The SMILES string of the molecule is CB(O)CCC[C@@]12CCC[C@]1(C(=O)O)NCC2. The summed E-state index contributed by atoms with van der Waals surface area (Å²) in [5, 5.41) is 22.1. The first-order chi connectivity index (χ1) is 8.02. The van der Waals surface area contributed by atoms with E-state index in [-0.39, 0.29) is 12.3 Å². The van der Waals surface area contributed by atoms with Crippen molar-refractivity contribution in [2.24, 2.45) is 5.41 Å². The quantitative estimate of drug-likeness (QED) is 0.633. The average molecular weight is 239 g/mol. The molecule has 0 aromatic carbocycles. The monoisotopic (exact) mass is 239 g/mol. The van der Waals surface area contributed by atoms with E-state index >= 15 is 0 Å². The summed E-state index contributed by atoms with van der Waals surface area (Å²) in [7, 11) is 0. The molecule has 96 valence electrons. The van der Waals surface area contributed by atoms with Crippen molar-refractivity contribution in [3.05, 3.63) is 0 Å². The third-order valence-electron chi connectivity index (χ3n) is 4.79. The molecule has 0 radical (unpaired) electrons. The molecule has 5 heteroatoms. The molecule has 0 unspecified atom stereocenters. The minimum atomic E-state index is -0.676. The van der Waals surface area contributed by atoms with E-state index in [0.717, 1.165) is 51.4 Å². The van der Waals surface area contributed by atoms with Gasteiger partial charge < -0.3 is 15.4 Å². The first kappa shape index (κ1) is 12.9. The second-order valence-electron chi connectivity index (χ2n) is 5.76. The molecule has 1 heterocycles. The van der Waals surface area contributed by atoms with Gasteiger partial charge in [-0.2, -0.15) is 0 Å². The molecular formula is C12H22BNO3. The van der Waals surface area contributed by atoms with Crippen LogP contribution in [0.3, 0.4) is 0 Å². The van der Waals surface area contributed by atoms with Gasteiger partial charge in [0, 0.05) is 5.41 Å². The maximum atomic E-state index is 11.6. The zero-order chi connectivity index (χ0) is 12.5. The van der Waals surface area contributed by atoms with Crippen LogP contribution in [0.2, 0.25) is 13.1 Å². The van der Waals surface area contributed by atoms with Gasteiger partial charge in [0.1, 0.15) is 5.54 Å². The zero-order valence-electron chi connectivity index (χ0n) is 10.5. The molecule has 2 atom stereocenters. The van der Waals surface area contributed by atoms with Gasteiger partial charge in [-0.1, -0.05) is 19.7 Å². The fraction of sp³-hybridized carbons (Fsp3) is 0.917. The molecule has 2 rings (SSSR count). The highest BCUT2D eigenvalue weighted by Crippen LogP contribution is 2.55. The number of rotatable bonds is 5. The van der Waals surface area contributed by atoms with Crippen molar-refractivity contribution in [3.8, 4) is 0 Å². The number of aliphatic carboxylic acids is 1. The Balaban J connectivity index is 2.08. The summed E-state index contributed by atoms with van der Waals surface area (Å²) in [6, 6.07) is 0. The van der Waals surface area contributed by atoms with Gasteiger partial charge in [-0.15, -0.1) is 0 Å². The van der Waals surface area contributed by atoms with Crippen LogP contribution < -0.4 is 5.32 Å². The molecule has 1 saturated carbocycles. The minimum absolute atomic E-state index is 0.0618. The lowest BCUT2D eigenvalue weighted by atomic mass is 9.63. The molecule has 4 nitrogen and oxygen atoms in total. The maximum Gasteiger partial charge on any atom is 0.324 e. The van der Waals surface area contributed by atoms with E-state index in [1.165, 1.54) is 0 Å². The Labute approximate surface area is 103 Å². The Morgan fingerprint density at radius 1 is 1.41 bits per heavy atom. The number of nitrogens with one attached hydrogen (secondary N) is 1. The fourth-order valence-electron chi connectivity index (χ4n) is 3.91. The standard InChI is InChI=1S/C12H22BNO3/c1-13(17)8-3-5-11-4-2-6-12(11,10(15)16)14-9-7-11/h14,17H,2-9H2,1H3,(H,15,16)/t11-,12-/m1/s1. The largest absolute Gasteiger partial charge is 0.480 e. The number of carbonyl (C=O) groups is 1. The van der Waals surface area contributed by atoms with Gasteiger partial charge in [0.05, 0.1) is 0 Å². The van der Waals surface area contributed by atoms with Crippen molar-refractivity contribution >= 4 is 12.9 Å². The molecular weight excluding hydrogens is 217 g/mol. The summed E-state index contributed by atoms with van der Waals surface area (Å²) < 4.78 is 0. The van der Waals surface area contributed by atoms with Crippen molar-refractivity contribution in [2.45, 2.75) is 57.2 Å². The summed E-state index contributed by atoms with van der Waals surface area (Å²) in [6.45, 7) is 2.34. The van der Waals surface area contributed by atoms with E-state index in [0.29, 0.717) is 0 Å². The lowest BCUT2D eigenvalue weighted by Crippen LogP contribution is -2.54. The van der Waals surface area contributed by atoms with Crippen LogP contribution in [-0.4, -0.2) is 35.1 Å². The van der Waals surface area contributed by atoms with E-state index in [2.05, 4.69) is 5.32 Å². The van der Waals surface area contributed by atoms with E-state index in [1.54, 1.807) is 6.82 Å². The first-order valence-electron chi connectivity index (χ1n) is 6.69. The molecule has 2 fully saturated rings. The minimum Gasteiger partial charge on any atom is -0.480 e. The second-order valence-corrected chi connectivity index (χ2v) is 5.76. The molecule has 0 aromatic heterocycles. The predicted molar refractivity (Wildman–Crippen MR) is 67.1 cm³/mol. The van der Waals surface area contributed by atoms with Crippen LogP contribution in [-0.2, 0) is 4.79 Å². The number of hydrogen-bond donors (Lipinski definition) is 3. The van der Waals surface area contributed by atoms with E-state index in [4.69, 9.17) is 0 Å². The Bertz CT molecular complexity index is 296. The number of hydrogen-bond acceptors (Lipinski definition) is 3. The summed E-state index contributed by atoms with van der Waals surface area (Å²) in [4.78, 5) is 11.6. The van der Waals surface area contributed by atoms with Crippen LogP contribution in [0, 0.1) is 5.41 Å². The summed E-state index contributed by atoms with van der Waals surface area (Å²) in [5.41, 5.74) is -0.737. The van der Waals surface area contributed by atoms with Gasteiger partial charge in [-0.25, -0.2) is 0 Å². The highest BCUT2D eigenvalue weighted by atomic mass is 16.4. The second kappa shape index (κ2) is 4.61. The van der Waals surface area contributed by atoms with Gasteiger partial charge >= 0.3 is 5.97 Å². The molecule has 0 amide bonds. The maximum absolute atomic E-state index is 11.6. The van der Waals surface area contributed by atoms with Crippen LogP contribution in [0.5, 0.6) is 0 Å². The third kappa shape index (κ3) is 1.99. The van der Waals surface area contributed by atoms with Crippen LogP contribution >= 0.6 is 0 Å². The molecule has 0 bridgehead atoms. The fourth-order valence-corrected chi connectivity index (χ4v) is 3.91. The van der Waals surface area contributed by atoms with Crippen molar-refractivity contribution in [3.63, 3.8) is 0 Å². The molecule has 17 heavy (non-hydrogen) atoms. The molecule has 0 spiro atoms. The van der Waals surface area contributed by atoms with Gasteiger partial charge in [0.25, 0.3) is 6.92 Å². The molecule has 0 aromatic rings. The Morgan fingerprint density at radius 2 is 2.18 bits per heavy atom. The van der Waals surface area contributed by atoms with Crippen molar-refractivity contribution < 1.29 is 14.9 Å². The topological polar surface area (TPSA) is 69.6 Å². The van der Waals surface area contributed by atoms with E-state index in [1.807, 2.05) is 0 Å². The van der Waals surface area contributed by atoms with E-state index in [9.17, 15) is 14.9 Å². The molecule has 1 saturated heterocycles. The van der Waals surface area contributed by atoms with Crippen LogP contribution in [0.1, 0.15) is 38.5 Å². The Kier molecular flexibility index (Phi) is 3.50. The van der Waals surface area contributed by atoms with Crippen LogP contribution in [0.25, 0.3) is 0 Å². The van der Waals surface area contributed by atoms with Crippen molar-refractivity contribution in [1.29, 1.82) is 0 Å². The third-order valence-corrected chi connectivity index (χ3v) is 4.79. The summed E-state index contributed by atoms with van der Waals surface area (Å²) in [6.07, 6.45) is 6.39. The lowest BCUT2D eigenvalue weighted by molar-refractivity contribution is -0.148. The van der Waals surface area contributed by atoms with Gasteiger partial charge in [-0.3, -0.25) is 4.79 Å². The van der Waals surface area contributed by atoms with Crippen molar-refractivity contribution in [1.82, 2.24) is 5.32 Å². The highest BCUT2D eigenvalue weighted by molar-refractivity contribution is 6.48. The Morgan fingerprint density at radius 3 is 2.82 bits per heavy atom. The zero-order valence-corrected chi connectivity index (χ0v) is 10.5. The van der Waals surface area contributed by atoms with E-state index < -0.39 is 11.5 Å². The average Bonchev–Trinajstić information content (AvgIpc) is 2.72. The Hall–Kier alpha value is -0.545. The summed E-state index contributed by atoms with van der Waals surface area (Å²) in [5.74, 6) is -0.676. The highest BCUT2D eigenvalue weighted by Gasteiger charge is 2.61. The van der Waals surface area contributed by atoms with Gasteiger partial charge in [0.2, 0.25) is 0 Å². The number of fused-ring (bicyclic) bond motifs is 1. The predicted octanol–water partition coefficient (Wildman–Crippen LogP) is 1.37. The molecule has 1 aliphatic heterocycles.